The summed E-state index contributed by atoms with van der Waals surface area (Å²) >= 11 is 0. The van der Waals surface area contributed by atoms with Gasteiger partial charge < -0.3 is 53.8 Å². The van der Waals surface area contributed by atoms with E-state index in [1.54, 1.807) is 33.3 Å². The second-order valence-electron chi connectivity index (χ2n) is 24.2. The van der Waals surface area contributed by atoms with Gasteiger partial charge in [0.05, 0.1) is 18.9 Å². The van der Waals surface area contributed by atoms with Gasteiger partial charge in [-0.25, -0.2) is 19.0 Å². The van der Waals surface area contributed by atoms with E-state index in [0.29, 0.717) is 34.1 Å². The second-order valence-corrected chi connectivity index (χ2v) is 32.8. The van der Waals surface area contributed by atoms with Crippen molar-refractivity contribution in [3.63, 3.8) is 0 Å². The van der Waals surface area contributed by atoms with Gasteiger partial charge in [0.25, 0.3) is 16.6 Å². The van der Waals surface area contributed by atoms with Crippen molar-refractivity contribution in [2.45, 2.75) is 139 Å². The zero-order valence-corrected chi connectivity index (χ0v) is 49.4. The Bertz CT molecular complexity index is 3500. The molecule has 0 bridgehead atoms. The average Bonchev–Trinajstić information content (AvgIpc) is 4.40. The summed E-state index contributed by atoms with van der Waals surface area (Å²) in [5.41, 5.74) is 12.7. The van der Waals surface area contributed by atoms with Crippen LogP contribution in [0.3, 0.4) is 0 Å². The first-order valence-electron chi connectivity index (χ1n) is 27.4. The molecule has 4 aromatic carbocycles. The summed E-state index contributed by atoms with van der Waals surface area (Å²) < 4.78 is 56.0. The lowest BCUT2D eigenvalue weighted by molar-refractivity contribution is -0.285. The fourth-order valence-corrected chi connectivity index (χ4v) is 21.8. The molecule has 18 nitrogen and oxygen atoms in total. The van der Waals surface area contributed by atoms with Crippen LogP contribution in [0, 0.1) is 11.3 Å². The van der Waals surface area contributed by atoms with Crippen molar-refractivity contribution in [3.05, 3.63) is 170 Å². The summed E-state index contributed by atoms with van der Waals surface area (Å²) in [6, 6.07) is 51.2. The third-order valence-electron chi connectivity index (χ3n) is 16.1. The number of nitrogens with zero attached hydrogens (tertiary/aromatic N) is 7. The molecule has 4 fully saturated rings. The van der Waals surface area contributed by atoms with Crippen molar-refractivity contribution in [1.82, 2.24) is 29.2 Å². The van der Waals surface area contributed by atoms with E-state index in [1.807, 2.05) is 52.0 Å². The standard InChI is InChI=1S/C31H35N5O4Si.C30H36N4O5Si/c1-29(2,3)41(21-12-8-6-9-13-21,22-14-10-7-11-15-22)37-18-24-26-27(40-30(4,5)39-26)31(19-32,38-24)25-17-16-23-28(33)34-20-35-36(23)25;1-28(2,3)40(20-12-8-6-9-13-20,21-14-10-7-11-15-21)36-18-23-25-26(39-29(4,5)38-25)30(35,37-23)24-17-16-22-27(31)32-19-33-34(22)24/h6-17,20,24,26-27H,18H2,1-5H3,(H2,33,34,35);6-17,19,23,25-26,35H,18H2,1-5H3,(H2,31,32,33)/t24-,26-,27-,31?;23-,25-,26-,30?/m11/s1. The lowest BCUT2D eigenvalue weighted by Crippen LogP contribution is -2.67. The molecule has 4 aliphatic heterocycles. The predicted octanol–water partition coefficient (Wildman–Crippen LogP) is 6.48. The summed E-state index contributed by atoms with van der Waals surface area (Å²) in [6.07, 6.45) is -1.16. The lowest BCUT2D eigenvalue weighted by Gasteiger charge is -2.43. The lowest BCUT2D eigenvalue weighted by atomic mass is 9.92. The Hall–Kier alpha value is -6.72. The molecule has 12 rings (SSSR count). The van der Waals surface area contributed by atoms with Crippen LogP contribution in [-0.4, -0.2) is 112 Å². The fourth-order valence-electron chi connectivity index (χ4n) is 12.7. The number of ether oxygens (including phenoxy) is 6. The van der Waals surface area contributed by atoms with Crippen molar-refractivity contribution >= 4 is 60.1 Å². The van der Waals surface area contributed by atoms with Crippen LogP contribution >= 0.6 is 0 Å². The monoisotopic (exact) mass is 1130 g/mol. The number of nitrogen functional groups attached to an aromatic ring is 2. The van der Waals surface area contributed by atoms with Crippen molar-refractivity contribution < 1.29 is 42.4 Å². The third kappa shape index (κ3) is 9.47. The number of nitrogens with two attached hydrogens (primary N) is 2. The van der Waals surface area contributed by atoms with Crippen molar-refractivity contribution in [1.29, 1.82) is 5.26 Å². The van der Waals surface area contributed by atoms with Gasteiger partial charge in [-0.3, -0.25) is 0 Å². The summed E-state index contributed by atoms with van der Waals surface area (Å²) in [5, 5.41) is 35.8. The van der Waals surface area contributed by atoms with Crippen LogP contribution < -0.4 is 32.2 Å². The quantitative estimate of drug-likeness (QED) is 0.111. The number of aromatic nitrogens is 6. The van der Waals surface area contributed by atoms with E-state index < -0.39 is 76.2 Å². The first-order chi connectivity index (χ1) is 38.5. The van der Waals surface area contributed by atoms with Gasteiger partial charge in [-0.05, 0) is 82.8 Å². The van der Waals surface area contributed by atoms with Gasteiger partial charge in [-0.2, -0.15) is 15.5 Å². The zero-order valence-electron chi connectivity index (χ0n) is 47.4. The van der Waals surface area contributed by atoms with Gasteiger partial charge >= 0.3 is 0 Å². The summed E-state index contributed by atoms with van der Waals surface area (Å²) in [5.74, 6) is -3.09. The molecule has 8 heterocycles. The molecular weight excluding hydrogens is 1060 g/mol. The first kappa shape index (κ1) is 56.2. The molecule has 0 aliphatic carbocycles. The van der Waals surface area contributed by atoms with Gasteiger partial charge in [0.15, 0.2) is 23.2 Å². The smallest absolute Gasteiger partial charge is 0.261 e. The SMILES string of the molecule is CC1(C)O[C@H]2[C@@H](O1)C(C#N)(c1ccc3c(N)ncnn13)O[C@@H]2CO[Si](c1ccccc1)(c1ccccc1)C(C)(C)C.CC1(C)O[C@H]2[C@@H](O1)C(O)(c1ccc3c(N)ncnn13)O[C@@H]2CO[Si](c1ccccc1)(c1ccccc1)C(C)(C)C. The van der Waals surface area contributed by atoms with Crippen LogP contribution in [-0.2, 0) is 48.7 Å². The maximum atomic E-state index is 12.1. The van der Waals surface area contributed by atoms with Crippen LogP contribution in [0.1, 0.15) is 80.6 Å². The fraction of sp³-hybridized carbons (Fsp3) is 0.393. The average molecular weight is 1130 g/mol. The van der Waals surface area contributed by atoms with E-state index in [2.05, 4.69) is 165 Å². The van der Waals surface area contributed by atoms with E-state index in [-0.39, 0.29) is 23.3 Å². The second kappa shape index (κ2) is 20.6. The van der Waals surface area contributed by atoms with Gasteiger partial charge in [0, 0.05) is 0 Å². The number of benzene rings is 4. The van der Waals surface area contributed by atoms with Crippen molar-refractivity contribution in [3.8, 4) is 6.07 Å². The first-order valence-corrected chi connectivity index (χ1v) is 31.2. The Kier molecular flexibility index (Phi) is 14.3. The predicted molar refractivity (Wildman–Crippen MR) is 311 cm³/mol. The molecule has 4 saturated heterocycles. The highest BCUT2D eigenvalue weighted by atomic mass is 28.4. The number of aliphatic hydroxyl groups is 1. The Morgan fingerprint density at radius 1 is 0.531 bits per heavy atom. The third-order valence-corrected chi connectivity index (χ3v) is 26.1. The van der Waals surface area contributed by atoms with Crippen LogP contribution in [0.5, 0.6) is 0 Å². The summed E-state index contributed by atoms with van der Waals surface area (Å²) in [7, 11) is -5.73. The van der Waals surface area contributed by atoms with Crippen LogP contribution in [0.4, 0.5) is 11.6 Å². The highest BCUT2D eigenvalue weighted by Crippen LogP contribution is 2.51. The molecule has 20 heteroatoms. The number of nitriles is 1. The number of anilines is 2. The Morgan fingerprint density at radius 2 is 0.901 bits per heavy atom. The maximum absolute atomic E-state index is 12.1. The van der Waals surface area contributed by atoms with Gasteiger partial charge in [0.1, 0.15) is 72.1 Å². The highest BCUT2D eigenvalue weighted by Gasteiger charge is 2.67. The summed E-state index contributed by atoms with van der Waals surface area (Å²) in [6.45, 7) is 21.1. The van der Waals surface area contributed by atoms with Gasteiger partial charge in [-0.15, -0.1) is 0 Å². The van der Waals surface area contributed by atoms with Crippen molar-refractivity contribution in [2.75, 3.05) is 24.7 Å². The molecular formula is C61H71N9O9Si2. The molecule has 422 valence electrons. The number of hydrogen-bond acceptors (Lipinski definition) is 16. The molecule has 8 atom stereocenters. The van der Waals surface area contributed by atoms with Gasteiger partial charge in [-0.1, -0.05) is 163 Å². The molecule has 0 saturated carbocycles. The molecule has 4 aliphatic rings. The number of rotatable bonds is 12. The maximum Gasteiger partial charge on any atom is 0.261 e. The van der Waals surface area contributed by atoms with E-state index in [0.717, 1.165) is 20.7 Å². The van der Waals surface area contributed by atoms with Crippen LogP contribution in [0.15, 0.2) is 158 Å². The molecule has 4 aromatic heterocycles. The van der Waals surface area contributed by atoms with Crippen LogP contribution in [0.25, 0.3) is 11.0 Å². The Balaban J connectivity index is 0.000000170. The van der Waals surface area contributed by atoms with E-state index >= 15 is 0 Å². The molecule has 81 heavy (non-hydrogen) atoms. The van der Waals surface area contributed by atoms with Crippen molar-refractivity contribution in [2.24, 2.45) is 0 Å². The number of fused-ring (bicyclic) bond motifs is 4. The largest absolute Gasteiger partial charge is 0.405 e. The normalized spacial score (nSPS) is 26.0. The molecule has 0 spiro atoms. The Labute approximate surface area is 474 Å². The molecule has 2 unspecified atom stereocenters. The molecule has 0 amide bonds. The molecule has 8 aromatic rings. The zero-order chi connectivity index (χ0) is 57.4. The van der Waals surface area contributed by atoms with Crippen LogP contribution in [0.2, 0.25) is 10.1 Å². The topological polar surface area (TPSA) is 230 Å². The minimum Gasteiger partial charge on any atom is -0.405 e. The molecule has 5 N–H and O–H groups in total. The molecule has 0 radical (unpaired) electrons. The number of hydrogen-bond donors (Lipinski definition) is 3. The minimum absolute atomic E-state index is 0.191. The van der Waals surface area contributed by atoms with Gasteiger partial charge in [0.2, 0.25) is 11.4 Å². The minimum atomic E-state index is -2.87. The van der Waals surface area contributed by atoms with E-state index in [1.165, 1.54) is 12.7 Å². The highest BCUT2D eigenvalue weighted by molar-refractivity contribution is 7.00. The van der Waals surface area contributed by atoms with E-state index in [4.69, 9.17) is 48.7 Å². The van der Waals surface area contributed by atoms with E-state index in [9.17, 15) is 10.4 Å². The Morgan fingerprint density at radius 3 is 1.31 bits per heavy atom. The summed E-state index contributed by atoms with van der Waals surface area (Å²) in [4.78, 5) is 8.15.